The molecule has 0 unspecified atom stereocenters. The molecule has 0 atom stereocenters. The predicted octanol–water partition coefficient (Wildman–Crippen LogP) is 0.674. The number of nitrogens with zero attached hydrogens (tertiary/aromatic N) is 2. The van der Waals surface area contributed by atoms with Crippen molar-refractivity contribution in [3.63, 3.8) is 0 Å². The zero-order chi connectivity index (χ0) is 10.1. The normalized spacial score (nSPS) is 14.0. The van der Waals surface area contributed by atoms with E-state index in [1.165, 1.54) is 7.11 Å². The average Bonchev–Trinajstić information content (AvgIpc) is 2.55. The molecule has 1 aliphatic heterocycles. The summed E-state index contributed by atoms with van der Waals surface area (Å²) < 4.78 is 6.36. The minimum Gasteiger partial charge on any atom is -0.466 e. The van der Waals surface area contributed by atoms with Gasteiger partial charge in [-0.05, 0) is 6.92 Å². The maximum Gasteiger partial charge on any atom is 0.337 e. The number of aromatic nitrogens is 2. The van der Waals surface area contributed by atoms with Crippen molar-refractivity contribution in [1.29, 1.82) is 0 Å². The molecule has 0 fully saturated rings. The lowest BCUT2D eigenvalue weighted by Crippen LogP contribution is -2.19. The van der Waals surface area contributed by atoms with Gasteiger partial charge in [0.25, 0.3) is 0 Å². The van der Waals surface area contributed by atoms with Crippen LogP contribution in [0.4, 0.5) is 5.82 Å². The van der Waals surface area contributed by atoms with Crippen LogP contribution in [0.1, 0.15) is 5.69 Å². The van der Waals surface area contributed by atoms with Crippen molar-refractivity contribution in [1.82, 2.24) is 9.78 Å². The first-order chi connectivity index (χ1) is 6.70. The lowest BCUT2D eigenvalue weighted by molar-refractivity contribution is -0.136. The maximum absolute atomic E-state index is 11.2. The second-order valence-corrected chi connectivity index (χ2v) is 3.13. The topological polar surface area (TPSA) is 56.1 Å². The zero-order valence-electron chi connectivity index (χ0n) is 8.07. The minimum absolute atomic E-state index is 0.323. The average molecular weight is 193 g/mol. The van der Waals surface area contributed by atoms with Crippen LogP contribution in [0.5, 0.6) is 0 Å². The quantitative estimate of drug-likeness (QED) is 0.666. The van der Waals surface area contributed by atoms with Crippen LogP contribution < -0.4 is 5.32 Å². The molecule has 1 N–H and O–H groups in total. The number of ether oxygens (including phenoxy) is 1. The minimum atomic E-state index is -0.323. The highest BCUT2D eigenvalue weighted by Crippen LogP contribution is 2.17. The third-order valence-electron chi connectivity index (χ3n) is 2.06. The Balaban J connectivity index is 2.24. The molecule has 5 heteroatoms. The summed E-state index contributed by atoms with van der Waals surface area (Å²) >= 11 is 0. The van der Waals surface area contributed by atoms with Crippen LogP contribution in [0.3, 0.4) is 0 Å². The van der Waals surface area contributed by atoms with Crippen LogP contribution in [0.2, 0.25) is 0 Å². The van der Waals surface area contributed by atoms with Gasteiger partial charge in [0.05, 0.1) is 24.9 Å². The van der Waals surface area contributed by atoms with Gasteiger partial charge in [0, 0.05) is 12.3 Å². The highest BCUT2D eigenvalue weighted by atomic mass is 16.5. The molecule has 0 saturated heterocycles. The second-order valence-electron chi connectivity index (χ2n) is 3.13. The first-order valence-electron chi connectivity index (χ1n) is 4.29. The first kappa shape index (κ1) is 8.80. The van der Waals surface area contributed by atoms with E-state index in [4.69, 9.17) is 0 Å². The van der Waals surface area contributed by atoms with Crippen molar-refractivity contribution in [3.05, 3.63) is 23.5 Å². The summed E-state index contributed by atoms with van der Waals surface area (Å²) in [4.78, 5) is 11.2. The number of aryl methyl sites for hydroxylation is 1. The predicted molar refractivity (Wildman–Crippen MR) is 50.7 cm³/mol. The lowest BCUT2D eigenvalue weighted by Gasteiger charge is -2.14. The monoisotopic (exact) mass is 193 g/mol. The Bertz CT molecular complexity index is 406. The van der Waals surface area contributed by atoms with Crippen molar-refractivity contribution in [2.75, 3.05) is 12.4 Å². The molecule has 0 amide bonds. The van der Waals surface area contributed by atoms with Crippen molar-refractivity contribution in [3.8, 4) is 0 Å². The summed E-state index contributed by atoms with van der Waals surface area (Å²) in [6.45, 7) is 2.37. The number of carbonyl (C=O) groups is 1. The summed E-state index contributed by atoms with van der Waals surface area (Å²) in [5.41, 5.74) is 1.50. The Kier molecular flexibility index (Phi) is 1.99. The van der Waals surface area contributed by atoms with Crippen LogP contribution in [-0.2, 0) is 16.1 Å². The molecule has 0 spiro atoms. The van der Waals surface area contributed by atoms with Gasteiger partial charge in [0.15, 0.2) is 0 Å². The van der Waals surface area contributed by atoms with E-state index in [0.29, 0.717) is 12.1 Å². The summed E-state index contributed by atoms with van der Waals surface area (Å²) in [6, 6.07) is 1.92. The SMILES string of the molecule is COC(=O)C1=CNc2cc(C)nn2C1. The van der Waals surface area contributed by atoms with Gasteiger partial charge in [-0.25, -0.2) is 9.48 Å². The van der Waals surface area contributed by atoms with Gasteiger partial charge in [0.1, 0.15) is 5.82 Å². The van der Waals surface area contributed by atoms with Crippen LogP contribution >= 0.6 is 0 Å². The summed E-state index contributed by atoms with van der Waals surface area (Å²) in [7, 11) is 1.37. The van der Waals surface area contributed by atoms with Gasteiger partial charge in [0.2, 0.25) is 0 Å². The molecule has 2 rings (SSSR count). The van der Waals surface area contributed by atoms with Crippen molar-refractivity contribution < 1.29 is 9.53 Å². The van der Waals surface area contributed by atoms with Crippen LogP contribution in [-0.4, -0.2) is 22.9 Å². The number of rotatable bonds is 1. The number of hydrogen-bond donors (Lipinski definition) is 1. The maximum atomic E-state index is 11.2. The van der Waals surface area contributed by atoms with Crippen molar-refractivity contribution in [2.24, 2.45) is 0 Å². The van der Waals surface area contributed by atoms with Gasteiger partial charge in [-0.3, -0.25) is 0 Å². The summed E-state index contributed by atoms with van der Waals surface area (Å²) in [6.07, 6.45) is 1.66. The largest absolute Gasteiger partial charge is 0.466 e. The third-order valence-corrected chi connectivity index (χ3v) is 2.06. The fourth-order valence-corrected chi connectivity index (χ4v) is 1.40. The summed E-state index contributed by atoms with van der Waals surface area (Å²) in [5, 5.41) is 7.21. The molecular formula is C9H11N3O2. The summed E-state index contributed by atoms with van der Waals surface area (Å²) in [5.74, 6) is 0.575. The molecule has 0 aromatic carbocycles. The smallest absolute Gasteiger partial charge is 0.337 e. The Hall–Kier alpha value is -1.78. The van der Waals surface area contributed by atoms with Gasteiger partial charge < -0.3 is 10.1 Å². The van der Waals surface area contributed by atoms with E-state index in [-0.39, 0.29) is 5.97 Å². The molecule has 2 heterocycles. The second kappa shape index (κ2) is 3.17. The fourth-order valence-electron chi connectivity index (χ4n) is 1.40. The van der Waals surface area contributed by atoms with Gasteiger partial charge in [-0.1, -0.05) is 0 Å². The number of fused-ring (bicyclic) bond motifs is 1. The number of carbonyl (C=O) groups excluding carboxylic acids is 1. The first-order valence-corrected chi connectivity index (χ1v) is 4.29. The standard InChI is InChI=1S/C9H11N3O2/c1-6-3-8-10-4-7(9(13)14-2)5-12(8)11-6/h3-4,10H,5H2,1-2H3. The molecule has 1 aromatic rings. The van der Waals surface area contributed by atoms with E-state index in [1.54, 1.807) is 10.9 Å². The van der Waals surface area contributed by atoms with Gasteiger partial charge in [-0.15, -0.1) is 0 Å². The molecule has 0 aliphatic carbocycles. The molecule has 5 nitrogen and oxygen atoms in total. The molecule has 0 radical (unpaired) electrons. The van der Waals surface area contributed by atoms with E-state index in [0.717, 1.165) is 11.5 Å². The molecule has 1 aromatic heterocycles. The molecule has 14 heavy (non-hydrogen) atoms. The van der Waals surface area contributed by atoms with Gasteiger partial charge in [-0.2, -0.15) is 5.10 Å². The van der Waals surface area contributed by atoms with Crippen LogP contribution in [0, 0.1) is 6.92 Å². The lowest BCUT2D eigenvalue weighted by atomic mass is 10.2. The van der Waals surface area contributed by atoms with Crippen LogP contribution in [0.25, 0.3) is 0 Å². The Morgan fingerprint density at radius 2 is 2.50 bits per heavy atom. The van der Waals surface area contributed by atoms with Gasteiger partial charge >= 0.3 is 5.97 Å². The number of esters is 1. The highest BCUT2D eigenvalue weighted by molar-refractivity contribution is 5.89. The Morgan fingerprint density at radius 1 is 1.71 bits per heavy atom. The van der Waals surface area contributed by atoms with Crippen LogP contribution in [0.15, 0.2) is 17.8 Å². The molecule has 0 saturated carbocycles. The van der Waals surface area contributed by atoms with Crippen molar-refractivity contribution >= 4 is 11.8 Å². The van der Waals surface area contributed by atoms with E-state index in [2.05, 4.69) is 15.2 Å². The Labute approximate surface area is 81.4 Å². The molecular weight excluding hydrogens is 182 g/mol. The number of methoxy groups -OCH3 is 1. The highest BCUT2D eigenvalue weighted by Gasteiger charge is 2.17. The molecule has 74 valence electrons. The number of nitrogens with one attached hydrogen (secondary N) is 1. The molecule has 1 aliphatic rings. The Morgan fingerprint density at radius 3 is 3.21 bits per heavy atom. The third kappa shape index (κ3) is 1.37. The molecule has 0 bridgehead atoms. The van der Waals surface area contributed by atoms with E-state index < -0.39 is 0 Å². The zero-order valence-corrected chi connectivity index (χ0v) is 8.07. The van der Waals surface area contributed by atoms with Crippen molar-refractivity contribution in [2.45, 2.75) is 13.5 Å². The number of anilines is 1. The van der Waals surface area contributed by atoms with E-state index >= 15 is 0 Å². The van der Waals surface area contributed by atoms with E-state index in [1.807, 2.05) is 13.0 Å². The fraction of sp³-hybridized carbons (Fsp3) is 0.333. The number of hydrogen-bond acceptors (Lipinski definition) is 4. The van der Waals surface area contributed by atoms with E-state index in [9.17, 15) is 4.79 Å².